The van der Waals surface area contributed by atoms with Crippen LogP contribution in [0.1, 0.15) is 54.7 Å². The van der Waals surface area contributed by atoms with Crippen LogP contribution in [0.15, 0.2) is 43.5 Å². The molecule has 1 saturated carbocycles. The maximum Gasteiger partial charge on any atom is 0.335 e. The summed E-state index contributed by atoms with van der Waals surface area (Å²) in [5.74, 6) is 0.933. The molecule has 0 heterocycles. The number of carbonyl (C=O) groups is 2. The molecule has 0 saturated heterocycles. The standard InChI is InChI=1S/C23H22O4/c1-4-13-8-7-9-16-19(13)23(27-18(25)6-3)21-15-11-10-14(12-15)20(21)22(16)26-17(24)5-2/h5-9,14-15H,2-4,10-12H2,1H3. The molecule has 2 aromatic rings. The van der Waals surface area contributed by atoms with Crippen molar-refractivity contribution in [3.8, 4) is 11.5 Å². The molecule has 2 unspecified atom stereocenters. The van der Waals surface area contributed by atoms with E-state index in [0.29, 0.717) is 23.3 Å². The zero-order chi connectivity index (χ0) is 19.1. The SMILES string of the molecule is C=CC(=O)Oc1c2c(c(OC(=O)C=C)c3c(CC)cccc13)C1CCC2C1. The quantitative estimate of drug-likeness (QED) is 0.429. The second kappa shape index (κ2) is 6.69. The van der Waals surface area contributed by atoms with Crippen LogP contribution < -0.4 is 9.47 Å². The predicted octanol–water partition coefficient (Wildman–Crippen LogP) is 4.95. The number of hydrogen-bond acceptors (Lipinski definition) is 4. The molecule has 2 atom stereocenters. The molecule has 0 aliphatic heterocycles. The van der Waals surface area contributed by atoms with Gasteiger partial charge in [0.25, 0.3) is 0 Å². The summed E-state index contributed by atoms with van der Waals surface area (Å²) in [6.45, 7) is 9.12. The summed E-state index contributed by atoms with van der Waals surface area (Å²) in [5, 5.41) is 1.66. The van der Waals surface area contributed by atoms with Crippen molar-refractivity contribution in [3.63, 3.8) is 0 Å². The number of rotatable bonds is 5. The number of aryl methyl sites for hydroxylation is 1. The van der Waals surface area contributed by atoms with E-state index in [-0.39, 0.29) is 0 Å². The van der Waals surface area contributed by atoms with E-state index in [1.165, 1.54) is 12.2 Å². The van der Waals surface area contributed by atoms with Crippen LogP contribution in [0.2, 0.25) is 0 Å². The van der Waals surface area contributed by atoms with Crippen LogP contribution >= 0.6 is 0 Å². The van der Waals surface area contributed by atoms with E-state index in [1.54, 1.807) is 0 Å². The van der Waals surface area contributed by atoms with Crippen LogP contribution in [0.4, 0.5) is 0 Å². The predicted molar refractivity (Wildman–Crippen MR) is 104 cm³/mol. The van der Waals surface area contributed by atoms with Gasteiger partial charge in [-0.1, -0.05) is 38.3 Å². The first kappa shape index (κ1) is 17.5. The number of esters is 2. The smallest absolute Gasteiger partial charge is 0.335 e. The van der Waals surface area contributed by atoms with Gasteiger partial charge in [0.15, 0.2) is 0 Å². The molecule has 0 spiro atoms. The molecule has 1 fully saturated rings. The van der Waals surface area contributed by atoms with Crippen molar-refractivity contribution < 1.29 is 19.1 Å². The van der Waals surface area contributed by atoms with Gasteiger partial charge in [0.05, 0.1) is 0 Å². The van der Waals surface area contributed by atoms with E-state index in [0.717, 1.165) is 53.1 Å². The van der Waals surface area contributed by atoms with E-state index in [2.05, 4.69) is 20.1 Å². The highest BCUT2D eigenvalue weighted by Gasteiger charge is 2.43. The van der Waals surface area contributed by atoms with Gasteiger partial charge in [0.1, 0.15) is 11.5 Å². The third-order valence-corrected chi connectivity index (χ3v) is 5.77. The van der Waals surface area contributed by atoms with Gasteiger partial charge < -0.3 is 9.47 Å². The summed E-state index contributed by atoms with van der Waals surface area (Å²) in [6, 6.07) is 5.90. The Labute approximate surface area is 158 Å². The van der Waals surface area contributed by atoms with Gasteiger partial charge in [-0.05, 0) is 43.1 Å². The normalized spacial score (nSPS) is 19.6. The molecule has 4 heteroatoms. The molecule has 0 amide bonds. The Balaban J connectivity index is 2.09. The summed E-state index contributed by atoms with van der Waals surface area (Å²) < 4.78 is 11.5. The molecular weight excluding hydrogens is 340 g/mol. The first-order valence-electron chi connectivity index (χ1n) is 9.38. The highest BCUT2D eigenvalue weighted by Crippen LogP contribution is 2.61. The van der Waals surface area contributed by atoms with Crippen molar-refractivity contribution >= 4 is 22.7 Å². The Bertz CT molecular complexity index is 986. The minimum atomic E-state index is -0.473. The minimum absolute atomic E-state index is 0.327. The Kier molecular flexibility index (Phi) is 4.34. The number of ether oxygens (including phenoxy) is 2. The van der Waals surface area contributed by atoms with E-state index >= 15 is 0 Å². The molecule has 0 radical (unpaired) electrons. The van der Waals surface area contributed by atoms with Gasteiger partial charge in [-0.15, -0.1) is 0 Å². The van der Waals surface area contributed by atoms with Crippen molar-refractivity contribution in [2.75, 3.05) is 0 Å². The third kappa shape index (κ3) is 2.67. The summed E-state index contributed by atoms with van der Waals surface area (Å²) in [7, 11) is 0. The zero-order valence-electron chi connectivity index (χ0n) is 15.4. The third-order valence-electron chi connectivity index (χ3n) is 5.77. The molecule has 0 aromatic heterocycles. The van der Waals surface area contributed by atoms with E-state index in [9.17, 15) is 9.59 Å². The Morgan fingerprint density at radius 2 is 1.63 bits per heavy atom. The first-order chi connectivity index (χ1) is 13.1. The molecule has 4 rings (SSSR count). The van der Waals surface area contributed by atoms with Gasteiger partial charge in [-0.25, -0.2) is 9.59 Å². The van der Waals surface area contributed by atoms with Crippen molar-refractivity contribution in [1.82, 2.24) is 0 Å². The average Bonchev–Trinajstić information content (AvgIpc) is 3.31. The highest BCUT2D eigenvalue weighted by atomic mass is 16.5. The fraction of sp³-hybridized carbons (Fsp3) is 0.304. The number of fused-ring (bicyclic) bond motifs is 6. The van der Waals surface area contributed by atoms with E-state index < -0.39 is 11.9 Å². The number of carbonyl (C=O) groups excluding carboxylic acids is 2. The van der Waals surface area contributed by atoms with Crippen LogP contribution in [0.25, 0.3) is 10.8 Å². The lowest BCUT2D eigenvalue weighted by molar-refractivity contribution is -0.130. The Morgan fingerprint density at radius 1 is 1.04 bits per heavy atom. The van der Waals surface area contributed by atoms with Gasteiger partial charge in [0, 0.05) is 34.1 Å². The average molecular weight is 362 g/mol. The highest BCUT2D eigenvalue weighted by molar-refractivity contribution is 6.02. The number of benzene rings is 2. The van der Waals surface area contributed by atoms with Crippen LogP contribution in [0, 0.1) is 0 Å². The van der Waals surface area contributed by atoms with Crippen LogP contribution in [0.3, 0.4) is 0 Å². The van der Waals surface area contributed by atoms with Gasteiger partial charge >= 0.3 is 11.9 Å². The van der Waals surface area contributed by atoms with Crippen LogP contribution in [0.5, 0.6) is 11.5 Å². The van der Waals surface area contributed by atoms with Gasteiger partial charge in [-0.2, -0.15) is 0 Å². The van der Waals surface area contributed by atoms with E-state index in [4.69, 9.17) is 9.47 Å². The molecule has 0 N–H and O–H groups in total. The fourth-order valence-electron chi connectivity index (χ4n) is 4.69. The van der Waals surface area contributed by atoms with Crippen molar-refractivity contribution in [3.05, 3.63) is 60.2 Å². The van der Waals surface area contributed by atoms with Crippen LogP contribution in [-0.4, -0.2) is 11.9 Å². The molecule has 27 heavy (non-hydrogen) atoms. The first-order valence-corrected chi connectivity index (χ1v) is 9.38. The van der Waals surface area contributed by atoms with Crippen LogP contribution in [-0.2, 0) is 16.0 Å². The molecule has 2 aromatic carbocycles. The molecular formula is C23H22O4. The maximum atomic E-state index is 12.1. The minimum Gasteiger partial charge on any atom is -0.422 e. The summed E-state index contributed by atoms with van der Waals surface area (Å²) >= 11 is 0. The zero-order valence-corrected chi connectivity index (χ0v) is 15.4. The van der Waals surface area contributed by atoms with Gasteiger partial charge in [-0.3, -0.25) is 0 Å². The maximum absolute atomic E-state index is 12.1. The number of hydrogen-bond donors (Lipinski definition) is 0. The molecule has 138 valence electrons. The molecule has 2 bridgehead atoms. The summed E-state index contributed by atoms with van der Waals surface area (Å²) in [5.41, 5.74) is 3.11. The Morgan fingerprint density at radius 3 is 2.22 bits per heavy atom. The molecule has 2 aliphatic rings. The molecule has 2 aliphatic carbocycles. The van der Waals surface area contributed by atoms with Crippen molar-refractivity contribution in [2.24, 2.45) is 0 Å². The largest absolute Gasteiger partial charge is 0.422 e. The summed E-state index contributed by atoms with van der Waals surface area (Å²) in [4.78, 5) is 24.2. The monoisotopic (exact) mass is 362 g/mol. The lowest BCUT2D eigenvalue weighted by Crippen LogP contribution is -2.13. The topological polar surface area (TPSA) is 52.6 Å². The summed E-state index contributed by atoms with van der Waals surface area (Å²) in [6.07, 6.45) is 6.27. The van der Waals surface area contributed by atoms with E-state index in [1.807, 2.05) is 18.2 Å². The fourth-order valence-corrected chi connectivity index (χ4v) is 4.69. The van der Waals surface area contributed by atoms with Gasteiger partial charge in [0.2, 0.25) is 0 Å². The molecule has 4 nitrogen and oxygen atoms in total. The van der Waals surface area contributed by atoms with Crippen molar-refractivity contribution in [2.45, 2.75) is 44.4 Å². The second-order valence-corrected chi connectivity index (χ2v) is 7.14. The lowest BCUT2D eigenvalue weighted by Gasteiger charge is -2.24. The van der Waals surface area contributed by atoms with Crippen molar-refractivity contribution in [1.29, 1.82) is 0 Å². The second-order valence-electron chi connectivity index (χ2n) is 7.14. The lowest BCUT2D eigenvalue weighted by atomic mass is 9.85. The Hall–Kier alpha value is -2.88.